The van der Waals surface area contributed by atoms with Crippen molar-refractivity contribution >= 4 is 96.5 Å². The number of para-hydroxylation sites is 1. The molecule has 3 aromatic heterocycles. The van der Waals surface area contributed by atoms with Crippen molar-refractivity contribution in [3.63, 3.8) is 0 Å². The molecule has 0 aliphatic carbocycles. The fraction of sp³-hybridized carbons (Fsp3) is 0. The fourth-order valence-corrected chi connectivity index (χ4v) is 11.1. The SMILES string of the molecule is c1ccc(-c2cccc(-c3cccc4c3sc3c4c4ccccc4c4c5ccccc5n(-c5nc(-c6cccc7ccccc67)c6ccc7ccccc7c6n5)c34)c2)cc1. The highest BCUT2D eigenvalue weighted by molar-refractivity contribution is 7.27. The molecule has 60 heavy (non-hydrogen) atoms. The highest BCUT2D eigenvalue weighted by Gasteiger charge is 2.25. The molecule has 13 rings (SSSR count). The lowest BCUT2D eigenvalue weighted by atomic mass is 9.96. The Labute approximate surface area is 349 Å². The van der Waals surface area contributed by atoms with Gasteiger partial charge in [-0.05, 0) is 67.4 Å². The third-order valence-corrected chi connectivity index (χ3v) is 13.6. The predicted octanol–water partition coefficient (Wildman–Crippen LogP) is 15.6. The molecule has 0 saturated heterocycles. The predicted molar refractivity (Wildman–Crippen MR) is 256 cm³/mol. The van der Waals surface area contributed by atoms with Gasteiger partial charge >= 0.3 is 0 Å². The van der Waals surface area contributed by atoms with Crippen LogP contribution in [0, 0.1) is 0 Å². The Kier molecular flexibility index (Phi) is 7.18. The normalized spacial score (nSPS) is 12.0. The summed E-state index contributed by atoms with van der Waals surface area (Å²) in [5, 5.41) is 13.1. The summed E-state index contributed by atoms with van der Waals surface area (Å²) in [6.45, 7) is 0. The molecule has 4 heteroatoms. The van der Waals surface area contributed by atoms with Crippen molar-refractivity contribution in [1.29, 1.82) is 0 Å². The summed E-state index contributed by atoms with van der Waals surface area (Å²) in [5.74, 6) is 0.665. The zero-order valence-electron chi connectivity index (χ0n) is 32.3. The molecule has 10 aromatic carbocycles. The van der Waals surface area contributed by atoms with Gasteiger partial charge in [-0.25, -0.2) is 9.97 Å². The molecule has 0 unspecified atom stereocenters. The molecule has 3 heterocycles. The number of hydrogen-bond donors (Lipinski definition) is 0. The van der Waals surface area contributed by atoms with E-state index in [1.165, 1.54) is 74.7 Å². The van der Waals surface area contributed by atoms with Crippen molar-refractivity contribution in [2.45, 2.75) is 0 Å². The van der Waals surface area contributed by atoms with E-state index in [1.54, 1.807) is 0 Å². The third-order valence-electron chi connectivity index (χ3n) is 12.4. The molecule has 278 valence electrons. The van der Waals surface area contributed by atoms with E-state index in [4.69, 9.17) is 9.97 Å². The van der Waals surface area contributed by atoms with Crippen LogP contribution in [0.25, 0.3) is 125 Å². The van der Waals surface area contributed by atoms with Gasteiger partial charge in [0.15, 0.2) is 0 Å². The minimum Gasteiger partial charge on any atom is -0.276 e. The van der Waals surface area contributed by atoms with E-state index in [9.17, 15) is 0 Å². The van der Waals surface area contributed by atoms with Gasteiger partial charge in [0.2, 0.25) is 5.95 Å². The van der Waals surface area contributed by atoms with Crippen molar-refractivity contribution in [2.24, 2.45) is 0 Å². The number of benzene rings is 10. The first-order chi connectivity index (χ1) is 29.8. The summed E-state index contributed by atoms with van der Waals surface area (Å²) in [5.41, 5.74) is 10.1. The highest BCUT2D eigenvalue weighted by atomic mass is 32.1. The second-order valence-electron chi connectivity index (χ2n) is 15.6. The maximum Gasteiger partial charge on any atom is 0.235 e. The second-order valence-corrected chi connectivity index (χ2v) is 16.7. The number of thiophene rings is 1. The van der Waals surface area contributed by atoms with E-state index in [1.807, 2.05) is 11.3 Å². The van der Waals surface area contributed by atoms with Gasteiger partial charge in [0, 0.05) is 42.6 Å². The summed E-state index contributed by atoms with van der Waals surface area (Å²) in [6.07, 6.45) is 0. The van der Waals surface area contributed by atoms with E-state index >= 15 is 0 Å². The molecule has 0 radical (unpaired) electrons. The van der Waals surface area contributed by atoms with Gasteiger partial charge < -0.3 is 0 Å². The molecule has 0 fully saturated rings. The number of nitrogens with zero attached hydrogens (tertiary/aromatic N) is 3. The van der Waals surface area contributed by atoms with Gasteiger partial charge in [0.25, 0.3) is 0 Å². The molecular formula is C56H33N3S. The van der Waals surface area contributed by atoms with Crippen LogP contribution in [0.15, 0.2) is 200 Å². The molecule has 0 spiro atoms. The quantitative estimate of drug-likeness (QED) is 0.167. The van der Waals surface area contributed by atoms with Gasteiger partial charge in [0.1, 0.15) is 0 Å². The maximum atomic E-state index is 5.67. The molecule has 3 nitrogen and oxygen atoms in total. The molecular weight excluding hydrogens is 747 g/mol. The average molecular weight is 780 g/mol. The summed E-state index contributed by atoms with van der Waals surface area (Å²) in [4.78, 5) is 11.3. The maximum absolute atomic E-state index is 5.67. The first kappa shape index (κ1) is 33.3. The summed E-state index contributed by atoms with van der Waals surface area (Å²) in [6, 6.07) is 72.3. The van der Waals surface area contributed by atoms with Crippen LogP contribution >= 0.6 is 11.3 Å². The standard InChI is InChI=1S/C56H33N3S/c1-2-15-34(16-3-1)37-20-12-21-38(33-37)41-27-14-29-46-50-43-25-9-8-24-42(43)49-45-26-10-11-30-48(45)59(53(49)55(50)60-54(41)46)56-57-51-40-23-7-5-18-36(40)31-32-47(51)52(58-56)44-28-13-19-35-17-4-6-22-39(35)44/h1-33H. The fourth-order valence-electron chi connectivity index (χ4n) is 9.72. The number of hydrogen-bond acceptors (Lipinski definition) is 3. The monoisotopic (exact) mass is 779 g/mol. The highest BCUT2D eigenvalue weighted by Crippen LogP contribution is 2.50. The van der Waals surface area contributed by atoms with Crippen LogP contribution in [0.1, 0.15) is 0 Å². The first-order valence-electron chi connectivity index (χ1n) is 20.4. The molecule has 0 saturated carbocycles. The molecule has 0 amide bonds. The molecule has 13 aromatic rings. The van der Waals surface area contributed by atoms with Crippen LogP contribution in [0.4, 0.5) is 0 Å². The number of rotatable bonds is 4. The van der Waals surface area contributed by atoms with Gasteiger partial charge in [-0.15, -0.1) is 11.3 Å². The minimum atomic E-state index is 0.665. The van der Waals surface area contributed by atoms with Gasteiger partial charge in [-0.3, -0.25) is 4.57 Å². The van der Waals surface area contributed by atoms with Crippen molar-refractivity contribution in [3.05, 3.63) is 200 Å². The first-order valence-corrected chi connectivity index (χ1v) is 21.2. The minimum absolute atomic E-state index is 0.665. The van der Waals surface area contributed by atoms with Crippen molar-refractivity contribution in [2.75, 3.05) is 0 Å². The number of fused-ring (bicyclic) bond motifs is 14. The average Bonchev–Trinajstić information content (AvgIpc) is 3.89. The Balaban J connectivity index is 1.19. The van der Waals surface area contributed by atoms with Crippen LogP contribution in [-0.4, -0.2) is 14.5 Å². The van der Waals surface area contributed by atoms with E-state index in [-0.39, 0.29) is 0 Å². The summed E-state index contributed by atoms with van der Waals surface area (Å²) in [7, 11) is 0. The zero-order chi connectivity index (χ0) is 39.3. The Bertz CT molecular complexity index is 3890. The Morgan fingerprint density at radius 3 is 1.82 bits per heavy atom. The summed E-state index contributed by atoms with van der Waals surface area (Å²) >= 11 is 1.89. The largest absolute Gasteiger partial charge is 0.276 e. The van der Waals surface area contributed by atoms with Gasteiger partial charge in [0.05, 0.1) is 26.9 Å². The lowest BCUT2D eigenvalue weighted by molar-refractivity contribution is 1.02. The molecule has 0 bridgehead atoms. The molecule has 0 atom stereocenters. The molecule has 0 aliphatic heterocycles. The Morgan fingerprint density at radius 1 is 0.367 bits per heavy atom. The van der Waals surface area contributed by atoms with Crippen LogP contribution in [-0.2, 0) is 0 Å². The Hall–Kier alpha value is -7.66. The third kappa shape index (κ3) is 4.83. The van der Waals surface area contributed by atoms with Crippen molar-refractivity contribution < 1.29 is 0 Å². The summed E-state index contributed by atoms with van der Waals surface area (Å²) < 4.78 is 4.87. The smallest absolute Gasteiger partial charge is 0.235 e. The van der Waals surface area contributed by atoms with Crippen LogP contribution < -0.4 is 0 Å². The van der Waals surface area contributed by atoms with E-state index in [2.05, 4.69) is 205 Å². The van der Waals surface area contributed by atoms with Crippen LogP contribution in [0.3, 0.4) is 0 Å². The second kappa shape index (κ2) is 12.9. The van der Waals surface area contributed by atoms with Crippen LogP contribution in [0.2, 0.25) is 0 Å². The van der Waals surface area contributed by atoms with Crippen LogP contribution in [0.5, 0.6) is 0 Å². The Morgan fingerprint density at radius 2 is 0.967 bits per heavy atom. The number of aromatic nitrogens is 3. The van der Waals surface area contributed by atoms with Gasteiger partial charge in [-0.2, -0.15) is 0 Å². The van der Waals surface area contributed by atoms with E-state index in [0.29, 0.717) is 5.95 Å². The molecule has 0 N–H and O–H groups in total. The zero-order valence-corrected chi connectivity index (χ0v) is 33.1. The van der Waals surface area contributed by atoms with E-state index in [0.717, 1.165) is 44.0 Å². The van der Waals surface area contributed by atoms with Gasteiger partial charge in [-0.1, -0.05) is 182 Å². The van der Waals surface area contributed by atoms with E-state index < -0.39 is 0 Å². The lowest BCUT2D eigenvalue weighted by Gasteiger charge is -2.15. The molecule has 0 aliphatic rings. The topological polar surface area (TPSA) is 30.7 Å². The van der Waals surface area contributed by atoms with Crippen molar-refractivity contribution in [3.8, 4) is 39.5 Å². The van der Waals surface area contributed by atoms with Crippen molar-refractivity contribution in [1.82, 2.24) is 14.5 Å². The lowest BCUT2D eigenvalue weighted by Crippen LogP contribution is -2.04.